The van der Waals surface area contributed by atoms with Crippen molar-refractivity contribution in [1.82, 2.24) is 9.88 Å². The third-order valence-corrected chi connectivity index (χ3v) is 2.99. The maximum absolute atomic E-state index is 11.8. The lowest BCUT2D eigenvalue weighted by Crippen LogP contribution is -2.42. The van der Waals surface area contributed by atoms with Gasteiger partial charge < -0.3 is 0 Å². The maximum Gasteiger partial charge on any atom is 0.229 e. The van der Waals surface area contributed by atoms with Gasteiger partial charge in [0.25, 0.3) is 0 Å². The van der Waals surface area contributed by atoms with Crippen LogP contribution in [0, 0.1) is 5.92 Å². The lowest BCUT2D eigenvalue weighted by atomic mass is 9.97. The number of hydrogen-bond acceptors (Lipinski definition) is 3. The fourth-order valence-electron chi connectivity index (χ4n) is 1.93. The van der Waals surface area contributed by atoms with Crippen LogP contribution in [0.5, 0.6) is 0 Å². The van der Waals surface area contributed by atoms with Gasteiger partial charge >= 0.3 is 0 Å². The number of hydrogen-bond donors (Lipinski definition) is 0. The first-order chi connectivity index (χ1) is 8.06. The smallest absolute Gasteiger partial charge is 0.229 e. The molecular weight excluding hydrogens is 240 g/mol. The minimum atomic E-state index is -0.110. The Morgan fingerprint density at radius 1 is 1.41 bits per heavy atom. The molecule has 90 valence electrons. The molecule has 0 N–H and O–H groups in total. The number of nitrogens with zero attached hydrogens (tertiary/aromatic N) is 2. The van der Waals surface area contributed by atoms with Crippen molar-refractivity contribution in [2.75, 3.05) is 0 Å². The molecule has 0 unspecified atom stereocenters. The lowest BCUT2D eigenvalue weighted by molar-refractivity contribution is -0.150. The van der Waals surface area contributed by atoms with Gasteiger partial charge in [0.05, 0.1) is 6.54 Å². The van der Waals surface area contributed by atoms with E-state index in [4.69, 9.17) is 11.6 Å². The first-order valence-corrected chi connectivity index (χ1v) is 5.87. The third kappa shape index (κ3) is 2.82. The Bertz CT molecular complexity index is 444. The van der Waals surface area contributed by atoms with Gasteiger partial charge in [-0.25, -0.2) is 4.98 Å². The number of imide groups is 1. The molecule has 1 fully saturated rings. The average Bonchev–Trinajstić information content (AvgIpc) is 2.23. The molecule has 1 aromatic heterocycles. The van der Waals surface area contributed by atoms with E-state index in [2.05, 4.69) is 4.98 Å². The molecule has 1 aliphatic rings. The van der Waals surface area contributed by atoms with E-state index in [-0.39, 0.29) is 24.3 Å². The van der Waals surface area contributed by atoms with E-state index in [1.807, 2.05) is 6.92 Å². The van der Waals surface area contributed by atoms with Crippen LogP contribution in [-0.2, 0) is 16.1 Å². The second-order valence-electron chi connectivity index (χ2n) is 4.37. The Morgan fingerprint density at radius 3 is 2.65 bits per heavy atom. The van der Waals surface area contributed by atoms with Gasteiger partial charge in [0, 0.05) is 19.0 Å². The molecular formula is C12H13ClN2O2. The molecule has 0 aliphatic carbocycles. The normalized spacial score (nSPS) is 17.6. The molecule has 1 aliphatic heterocycles. The molecule has 0 saturated carbocycles. The van der Waals surface area contributed by atoms with E-state index in [1.165, 1.54) is 4.90 Å². The van der Waals surface area contributed by atoms with Crippen LogP contribution in [0.1, 0.15) is 25.3 Å². The van der Waals surface area contributed by atoms with Gasteiger partial charge in [-0.15, -0.1) is 0 Å². The minimum Gasteiger partial charge on any atom is -0.278 e. The SMILES string of the molecule is CC1CC(=O)N(Cc2ccnc(Cl)c2)C(=O)C1. The Kier molecular flexibility index (Phi) is 3.43. The summed E-state index contributed by atoms with van der Waals surface area (Å²) in [6.45, 7) is 2.20. The minimum absolute atomic E-state index is 0.110. The van der Waals surface area contributed by atoms with Gasteiger partial charge in [-0.05, 0) is 23.6 Å². The molecule has 2 rings (SSSR count). The van der Waals surface area contributed by atoms with Crippen LogP contribution in [0.3, 0.4) is 0 Å². The first kappa shape index (κ1) is 12.0. The maximum atomic E-state index is 11.8. The van der Waals surface area contributed by atoms with Crippen molar-refractivity contribution in [3.8, 4) is 0 Å². The number of halogens is 1. The molecule has 5 heteroatoms. The number of aromatic nitrogens is 1. The Hall–Kier alpha value is -1.42. The molecule has 1 saturated heterocycles. The highest BCUT2D eigenvalue weighted by Crippen LogP contribution is 2.21. The van der Waals surface area contributed by atoms with E-state index >= 15 is 0 Å². The highest BCUT2D eigenvalue weighted by atomic mass is 35.5. The molecule has 1 aromatic rings. The molecule has 2 heterocycles. The van der Waals surface area contributed by atoms with Crippen LogP contribution in [0.2, 0.25) is 5.15 Å². The van der Waals surface area contributed by atoms with Crippen molar-refractivity contribution in [3.63, 3.8) is 0 Å². The Morgan fingerprint density at radius 2 is 2.06 bits per heavy atom. The largest absolute Gasteiger partial charge is 0.278 e. The van der Waals surface area contributed by atoms with Crippen molar-refractivity contribution in [2.45, 2.75) is 26.3 Å². The number of carbonyl (C=O) groups is 2. The molecule has 0 atom stereocenters. The van der Waals surface area contributed by atoms with Crippen LogP contribution in [0.25, 0.3) is 0 Å². The fraction of sp³-hybridized carbons (Fsp3) is 0.417. The molecule has 0 radical (unpaired) electrons. The van der Waals surface area contributed by atoms with Gasteiger partial charge in [-0.2, -0.15) is 0 Å². The molecule has 2 amide bonds. The van der Waals surface area contributed by atoms with Crippen LogP contribution < -0.4 is 0 Å². The second kappa shape index (κ2) is 4.84. The zero-order chi connectivity index (χ0) is 12.4. The number of carbonyl (C=O) groups excluding carboxylic acids is 2. The van der Waals surface area contributed by atoms with E-state index in [9.17, 15) is 9.59 Å². The van der Waals surface area contributed by atoms with Crippen molar-refractivity contribution >= 4 is 23.4 Å². The standard InChI is InChI=1S/C12H13ClN2O2/c1-8-4-11(16)15(12(17)5-8)7-9-2-3-14-10(13)6-9/h2-3,6,8H,4-5,7H2,1H3. The number of amides is 2. The van der Waals surface area contributed by atoms with Crippen LogP contribution >= 0.6 is 11.6 Å². The van der Waals surface area contributed by atoms with Crippen molar-refractivity contribution < 1.29 is 9.59 Å². The molecule has 0 aromatic carbocycles. The highest BCUT2D eigenvalue weighted by Gasteiger charge is 2.30. The van der Waals surface area contributed by atoms with Gasteiger partial charge in [0.15, 0.2) is 0 Å². The molecule has 17 heavy (non-hydrogen) atoms. The Labute approximate surface area is 105 Å². The molecule has 4 nitrogen and oxygen atoms in total. The summed E-state index contributed by atoms with van der Waals surface area (Å²) in [6.07, 6.45) is 2.44. The summed E-state index contributed by atoms with van der Waals surface area (Å²) in [7, 11) is 0. The van der Waals surface area contributed by atoms with E-state index in [0.29, 0.717) is 18.0 Å². The van der Waals surface area contributed by atoms with Crippen LogP contribution in [0.4, 0.5) is 0 Å². The van der Waals surface area contributed by atoms with Gasteiger partial charge in [0.1, 0.15) is 5.15 Å². The zero-order valence-corrected chi connectivity index (χ0v) is 10.3. The summed E-state index contributed by atoms with van der Waals surface area (Å²) in [6, 6.07) is 3.42. The van der Waals surface area contributed by atoms with Crippen molar-refractivity contribution in [2.24, 2.45) is 5.92 Å². The van der Waals surface area contributed by atoms with Gasteiger partial charge in [0.2, 0.25) is 11.8 Å². The van der Waals surface area contributed by atoms with Crippen LogP contribution in [0.15, 0.2) is 18.3 Å². The highest BCUT2D eigenvalue weighted by molar-refractivity contribution is 6.29. The Balaban J connectivity index is 2.13. The summed E-state index contributed by atoms with van der Waals surface area (Å²) < 4.78 is 0. The number of likely N-dealkylation sites (tertiary alicyclic amines) is 1. The lowest BCUT2D eigenvalue weighted by Gasteiger charge is -2.28. The number of rotatable bonds is 2. The van der Waals surface area contributed by atoms with Crippen molar-refractivity contribution in [3.05, 3.63) is 29.0 Å². The van der Waals surface area contributed by atoms with E-state index in [0.717, 1.165) is 5.56 Å². The van der Waals surface area contributed by atoms with Gasteiger partial charge in [-0.3, -0.25) is 14.5 Å². The number of pyridine rings is 1. The predicted molar refractivity (Wildman–Crippen MR) is 63.2 cm³/mol. The summed E-state index contributed by atoms with van der Waals surface area (Å²) in [5, 5.41) is 0.368. The molecule has 0 spiro atoms. The molecule has 0 bridgehead atoms. The second-order valence-corrected chi connectivity index (χ2v) is 4.76. The first-order valence-electron chi connectivity index (χ1n) is 5.50. The summed E-state index contributed by atoms with van der Waals surface area (Å²) in [5.74, 6) is -0.0735. The monoisotopic (exact) mass is 252 g/mol. The zero-order valence-electron chi connectivity index (χ0n) is 9.52. The predicted octanol–water partition coefficient (Wildman–Crippen LogP) is 2.02. The number of piperidine rings is 1. The topological polar surface area (TPSA) is 50.3 Å². The quantitative estimate of drug-likeness (QED) is 0.598. The van der Waals surface area contributed by atoms with Crippen LogP contribution in [-0.4, -0.2) is 21.7 Å². The van der Waals surface area contributed by atoms with E-state index < -0.39 is 0 Å². The van der Waals surface area contributed by atoms with Gasteiger partial charge in [-0.1, -0.05) is 18.5 Å². The van der Waals surface area contributed by atoms with Crippen molar-refractivity contribution in [1.29, 1.82) is 0 Å². The third-order valence-electron chi connectivity index (χ3n) is 2.78. The fourth-order valence-corrected chi connectivity index (χ4v) is 2.12. The summed E-state index contributed by atoms with van der Waals surface area (Å²) in [4.78, 5) is 28.7. The van der Waals surface area contributed by atoms with E-state index in [1.54, 1.807) is 18.3 Å². The average molecular weight is 253 g/mol. The summed E-state index contributed by atoms with van der Waals surface area (Å²) in [5.41, 5.74) is 0.821. The summed E-state index contributed by atoms with van der Waals surface area (Å²) >= 11 is 5.76.